The number of likely N-dealkylation sites (tertiary alicyclic amines) is 1. The molecule has 5 nitrogen and oxygen atoms in total. The van der Waals surface area contributed by atoms with Crippen LogP contribution in [0.5, 0.6) is 0 Å². The number of thiazole rings is 1. The van der Waals surface area contributed by atoms with Crippen molar-refractivity contribution in [1.82, 2.24) is 19.7 Å². The van der Waals surface area contributed by atoms with Gasteiger partial charge in [-0.05, 0) is 51.2 Å². The standard InChI is InChI=1S/C20H22FN5S2/c1-24-6-4-14(5-7-24)26(3)17-10-16-20(28-17)22-19(27-16)12-8-13-11-25(2)23-18(13)15(21)9-12/h8-11,14H,4-7H2,1-3H3. The van der Waals surface area contributed by atoms with Crippen LogP contribution >= 0.6 is 22.7 Å². The zero-order valence-electron chi connectivity index (χ0n) is 16.1. The van der Waals surface area contributed by atoms with Gasteiger partial charge in [0.25, 0.3) is 0 Å². The Labute approximate surface area is 171 Å². The van der Waals surface area contributed by atoms with Crippen LogP contribution in [0.4, 0.5) is 9.39 Å². The number of thiophene rings is 1. The summed E-state index contributed by atoms with van der Waals surface area (Å²) in [6.07, 6.45) is 4.23. The van der Waals surface area contributed by atoms with Gasteiger partial charge in [0.2, 0.25) is 0 Å². The topological polar surface area (TPSA) is 37.2 Å². The van der Waals surface area contributed by atoms with Crippen molar-refractivity contribution in [2.24, 2.45) is 7.05 Å². The molecule has 5 rings (SSSR count). The lowest BCUT2D eigenvalue weighted by Crippen LogP contribution is -2.41. The largest absolute Gasteiger partial charge is 0.363 e. The quantitative estimate of drug-likeness (QED) is 0.491. The van der Waals surface area contributed by atoms with Crippen molar-refractivity contribution in [1.29, 1.82) is 0 Å². The number of hydrogen-bond acceptors (Lipinski definition) is 6. The Hall–Kier alpha value is -2.03. The maximum atomic E-state index is 14.4. The molecular weight excluding hydrogens is 393 g/mol. The van der Waals surface area contributed by atoms with Crippen molar-refractivity contribution in [2.75, 3.05) is 32.1 Å². The minimum atomic E-state index is -0.297. The van der Waals surface area contributed by atoms with E-state index < -0.39 is 0 Å². The lowest BCUT2D eigenvalue weighted by molar-refractivity contribution is 0.253. The number of nitrogens with zero attached hydrogens (tertiary/aromatic N) is 5. The molecule has 0 atom stereocenters. The fourth-order valence-electron chi connectivity index (χ4n) is 3.92. The van der Waals surface area contributed by atoms with Crippen molar-refractivity contribution >= 4 is 48.1 Å². The minimum Gasteiger partial charge on any atom is -0.363 e. The Morgan fingerprint density at radius 2 is 1.93 bits per heavy atom. The molecular formula is C20H22FN5S2. The Morgan fingerprint density at radius 3 is 2.68 bits per heavy atom. The first kappa shape index (κ1) is 18.0. The number of halogens is 1. The molecule has 1 aliphatic rings. The van der Waals surface area contributed by atoms with Gasteiger partial charge in [0.05, 0.1) is 9.70 Å². The summed E-state index contributed by atoms with van der Waals surface area (Å²) in [6.45, 7) is 2.30. The van der Waals surface area contributed by atoms with E-state index in [1.807, 2.05) is 12.3 Å². The zero-order valence-corrected chi connectivity index (χ0v) is 17.8. The molecule has 4 aromatic rings. The molecule has 0 aliphatic carbocycles. The molecule has 1 aromatic carbocycles. The highest BCUT2D eigenvalue weighted by atomic mass is 32.1. The van der Waals surface area contributed by atoms with Crippen molar-refractivity contribution in [2.45, 2.75) is 18.9 Å². The smallest absolute Gasteiger partial charge is 0.152 e. The first-order valence-electron chi connectivity index (χ1n) is 9.43. The van der Waals surface area contributed by atoms with Crippen LogP contribution in [0.1, 0.15) is 12.8 Å². The van der Waals surface area contributed by atoms with E-state index in [9.17, 15) is 4.39 Å². The molecule has 1 fully saturated rings. The van der Waals surface area contributed by atoms with Crippen LogP contribution in [0.2, 0.25) is 0 Å². The van der Waals surface area contributed by atoms with Crippen molar-refractivity contribution in [3.05, 3.63) is 30.2 Å². The normalized spacial score (nSPS) is 16.4. The molecule has 8 heteroatoms. The molecule has 0 saturated carbocycles. The molecule has 0 unspecified atom stereocenters. The minimum absolute atomic E-state index is 0.297. The molecule has 0 N–H and O–H groups in total. The summed E-state index contributed by atoms with van der Waals surface area (Å²) in [4.78, 5) is 10.6. The number of hydrogen-bond donors (Lipinski definition) is 0. The number of rotatable bonds is 3. The van der Waals surface area contributed by atoms with Gasteiger partial charge < -0.3 is 9.80 Å². The van der Waals surface area contributed by atoms with E-state index in [4.69, 9.17) is 4.98 Å². The number of aromatic nitrogens is 3. The van der Waals surface area contributed by atoms with Gasteiger partial charge in [-0.3, -0.25) is 4.68 Å². The first-order chi connectivity index (χ1) is 13.5. The van der Waals surface area contributed by atoms with Crippen molar-refractivity contribution in [3.63, 3.8) is 0 Å². The van der Waals surface area contributed by atoms with Gasteiger partial charge >= 0.3 is 0 Å². The summed E-state index contributed by atoms with van der Waals surface area (Å²) in [5.41, 5.74) is 1.23. The van der Waals surface area contributed by atoms with Crippen molar-refractivity contribution in [3.8, 4) is 10.6 Å². The maximum absolute atomic E-state index is 14.4. The third-order valence-corrected chi connectivity index (χ3v) is 7.88. The number of piperidine rings is 1. The van der Waals surface area contributed by atoms with E-state index in [1.54, 1.807) is 40.5 Å². The van der Waals surface area contributed by atoms with E-state index in [-0.39, 0.29) is 5.82 Å². The van der Waals surface area contributed by atoms with Gasteiger partial charge in [0, 0.05) is 37.3 Å². The van der Waals surface area contributed by atoms with E-state index >= 15 is 0 Å². The molecule has 0 radical (unpaired) electrons. The monoisotopic (exact) mass is 415 g/mol. The first-order valence-corrected chi connectivity index (χ1v) is 11.1. The molecule has 0 bridgehead atoms. The number of anilines is 1. The maximum Gasteiger partial charge on any atom is 0.152 e. The number of fused-ring (bicyclic) bond motifs is 2. The summed E-state index contributed by atoms with van der Waals surface area (Å²) in [5, 5.41) is 7.11. The lowest BCUT2D eigenvalue weighted by atomic mass is 10.0. The third-order valence-electron chi connectivity index (χ3n) is 5.58. The van der Waals surface area contributed by atoms with Crippen LogP contribution in [0.25, 0.3) is 31.0 Å². The highest BCUT2D eigenvalue weighted by Gasteiger charge is 2.23. The Bertz CT molecular complexity index is 1120. The summed E-state index contributed by atoms with van der Waals surface area (Å²) in [7, 11) is 6.19. The highest BCUT2D eigenvalue weighted by molar-refractivity contribution is 7.30. The molecule has 1 saturated heterocycles. The zero-order chi connectivity index (χ0) is 19.4. The number of benzene rings is 1. The third kappa shape index (κ3) is 3.09. The summed E-state index contributed by atoms with van der Waals surface area (Å²) in [5.74, 6) is -0.297. The second-order valence-corrected chi connectivity index (χ2v) is 9.66. The van der Waals surface area contributed by atoms with Crippen LogP contribution in [-0.2, 0) is 7.05 Å². The molecule has 3 aromatic heterocycles. The van der Waals surface area contributed by atoms with Gasteiger partial charge in [-0.25, -0.2) is 9.37 Å². The van der Waals surface area contributed by atoms with Gasteiger partial charge in [0.15, 0.2) is 5.82 Å². The van der Waals surface area contributed by atoms with Gasteiger partial charge in [-0.15, -0.1) is 11.3 Å². The molecule has 1 aliphatic heterocycles. The molecule has 146 valence electrons. The summed E-state index contributed by atoms with van der Waals surface area (Å²) in [6, 6.07) is 6.34. The average molecular weight is 416 g/mol. The summed E-state index contributed by atoms with van der Waals surface area (Å²) >= 11 is 3.36. The van der Waals surface area contributed by atoms with Crippen molar-refractivity contribution < 1.29 is 4.39 Å². The Morgan fingerprint density at radius 1 is 1.14 bits per heavy atom. The van der Waals surface area contributed by atoms with Crippen LogP contribution in [0, 0.1) is 5.82 Å². The predicted molar refractivity (Wildman–Crippen MR) is 116 cm³/mol. The Kier molecular flexibility index (Phi) is 4.37. The SMILES string of the molecule is CN1CCC(N(C)c2cc3sc(-c4cc(F)c5nn(C)cc5c4)nc3s2)CC1. The average Bonchev–Trinajstić information content (AvgIpc) is 3.33. The highest BCUT2D eigenvalue weighted by Crippen LogP contribution is 2.40. The van der Waals surface area contributed by atoms with E-state index in [1.165, 1.54) is 22.5 Å². The van der Waals surface area contributed by atoms with E-state index in [0.29, 0.717) is 11.6 Å². The Balaban J connectivity index is 1.44. The summed E-state index contributed by atoms with van der Waals surface area (Å²) < 4.78 is 17.2. The second kappa shape index (κ2) is 6.79. The van der Waals surface area contributed by atoms with Crippen LogP contribution in [0.3, 0.4) is 0 Å². The molecule has 4 heterocycles. The fourth-order valence-corrected chi connectivity index (χ4v) is 6.15. The number of aryl methyl sites for hydroxylation is 1. The van der Waals surface area contributed by atoms with Gasteiger partial charge in [-0.2, -0.15) is 5.10 Å². The predicted octanol–water partition coefficient (Wildman–Crippen LogP) is 4.58. The molecule has 28 heavy (non-hydrogen) atoms. The van der Waals surface area contributed by atoms with Crippen LogP contribution < -0.4 is 4.90 Å². The van der Waals surface area contributed by atoms with E-state index in [2.05, 4.69) is 35.1 Å². The molecule has 0 spiro atoms. The van der Waals surface area contributed by atoms with Gasteiger partial charge in [0.1, 0.15) is 15.4 Å². The fraction of sp³-hybridized carbons (Fsp3) is 0.400. The van der Waals surface area contributed by atoms with E-state index in [0.717, 1.165) is 33.9 Å². The van der Waals surface area contributed by atoms with Gasteiger partial charge in [-0.1, -0.05) is 11.3 Å². The molecule has 0 amide bonds. The van der Waals surface area contributed by atoms with Crippen LogP contribution in [-0.4, -0.2) is 52.9 Å². The lowest BCUT2D eigenvalue weighted by Gasteiger charge is -2.35. The second-order valence-electron chi connectivity index (χ2n) is 7.62. The van der Waals surface area contributed by atoms with Crippen LogP contribution in [0.15, 0.2) is 24.4 Å².